The molecule has 124 valence electrons. The van der Waals surface area contributed by atoms with Gasteiger partial charge in [-0.3, -0.25) is 0 Å². The van der Waals surface area contributed by atoms with E-state index >= 15 is 0 Å². The molecule has 9 heteroatoms. The van der Waals surface area contributed by atoms with Crippen LogP contribution in [0.3, 0.4) is 0 Å². The first-order valence-electron chi connectivity index (χ1n) is 7.43. The van der Waals surface area contributed by atoms with Gasteiger partial charge in [0.15, 0.2) is 11.6 Å². The highest BCUT2D eigenvalue weighted by Crippen LogP contribution is 2.28. The number of nitrogens with zero attached hydrogens (tertiary/aromatic N) is 6. The number of aromatic nitrogens is 6. The van der Waals surface area contributed by atoms with Crippen LogP contribution in [0.5, 0.6) is 0 Å². The summed E-state index contributed by atoms with van der Waals surface area (Å²) in [5, 5.41) is 17.5. The molecule has 4 N–H and O–H groups in total. The van der Waals surface area contributed by atoms with E-state index in [1.165, 1.54) is 21.1 Å². The van der Waals surface area contributed by atoms with E-state index < -0.39 is 0 Å². The Morgan fingerprint density at radius 2 is 1.00 bits per heavy atom. The van der Waals surface area contributed by atoms with Crippen molar-refractivity contribution in [2.24, 2.45) is 0 Å². The third-order valence-corrected chi connectivity index (χ3v) is 4.50. The average molecular weight is 350 g/mol. The summed E-state index contributed by atoms with van der Waals surface area (Å²) in [6.45, 7) is 0. The van der Waals surface area contributed by atoms with E-state index in [0.29, 0.717) is 22.0 Å². The molecule has 0 bridgehead atoms. The van der Waals surface area contributed by atoms with Crippen LogP contribution in [0.4, 0.5) is 0 Å². The normalized spacial score (nSPS) is 10.9. The Hall–Kier alpha value is -3.33. The van der Waals surface area contributed by atoms with Gasteiger partial charge in [-0.15, -0.1) is 20.4 Å². The highest BCUT2D eigenvalue weighted by atomic mass is 32.2. The molecule has 0 aliphatic heterocycles. The summed E-state index contributed by atoms with van der Waals surface area (Å²) in [5.41, 5.74) is 1.76. The molecular formula is C16H14N8S. The van der Waals surface area contributed by atoms with Gasteiger partial charge in [-0.1, -0.05) is 60.7 Å². The molecule has 0 atom stereocenters. The molecule has 0 saturated heterocycles. The summed E-state index contributed by atoms with van der Waals surface area (Å²) in [6.07, 6.45) is 0. The Labute approximate surface area is 147 Å². The van der Waals surface area contributed by atoms with Crippen LogP contribution in [0.2, 0.25) is 0 Å². The minimum absolute atomic E-state index is 0.470. The molecule has 0 spiro atoms. The highest BCUT2D eigenvalue weighted by molar-refractivity contribution is 7.99. The first kappa shape index (κ1) is 15.2. The molecule has 0 radical (unpaired) electrons. The summed E-state index contributed by atoms with van der Waals surface area (Å²) < 4.78 is 2.83. The molecule has 0 amide bonds. The maximum absolute atomic E-state index is 6.12. The molecule has 2 heterocycles. The van der Waals surface area contributed by atoms with Gasteiger partial charge in [-0.2, -0.15) is 0 Å². The number of nitrogens with two attached hydrogens (primary N) is 2. The van der Waals surface area contributed by atoms with Gasteiger partial charge in [-0.05, 0) is 11.8 Å². The lowest BCUT2D eigenvalue weighted by atomic mass is 10.2. The van der Waals surface area contributed by atoms with Gasteiger partial charge >= 0.3 is 0 Å². The van der Waals surface area contributed by atoms with E-state index in [2.05, 4.69) is 20.4 Å². The van der Waals surface area contributed by atoms with Crippen LogP contribution in [0.1, 0.15) is 0 Å². The number of nitrogen functional groups attached to an aromatic ring is 2. The van der Waals surface area contributed by atoms with Crippen LogP contribution in [0.15, 0.2) is 71.0 Å². The first-order valence-corrected chi connectivity index (χ1v) is 8.25. The van der Waals surface area contributed by atoms with Crippen molar-refractivity contribution in [2.45, 2.75) is 10.3 Å². The second-order valence-corrected chi connectivity index (χ2v) is 6.12. The summed E-state index contributed by atoms with van der Waals surface area (Å²) in [5.74, 6) is 13.4. The minimum atomic E-state index is 0.470. The maximum Gasteiger partial charge on any atom is 0.217 e. The van der Waals surface area contributed by atoms with E-state index in [0.717, 1.165) is 11.1 Å². The Bertz CT molecular complexity index is 912. The molecule has 0 fully saturated rings. The third-order valence-electron chi connectivity index (χ3n) is 3.58. The fraction of sp³-hybridized carbons (Fsp3) is 0. The van der Waals surface area contributed by atoms with Gasteiger partial charge in [0.25, 0.3) is 0 Å². The van der Waals surface area contributed by atoms with E-state index in [-0.39, 0.29) is 0 Å². The smallest absolute Gasteiger partial charge is 0.217 e. The molecule has 0 unspecified atom stereocenters. The lowest BCUT2D eigenvalue weighted by Crippen LogP contribution is -2.14. The number of rotatable bonds is 4. The van der Waals surface area contributed by atoms with Gasteiger partial charge in [0.05, 0.1) is 0 Å². The molecule has 4 rings (SSSR count). The lowest BCUT2D eigenvalue weighted by molar-refractivity contribution is 0.815. The zero-order valence-electron chi connectivity index (χ0n) is 13.0. The van der Waals surface area contributed by atoms with E-state index in [4.69, 9.17) is 11.7 Å². The van der Waals surface area contributed by atoms with Crippen molar-refractivity contribution in [1.29, 1.82) is 0 Å². The second kappa shape index (κ2) is 6.29. The Morgan fingerprint density at radius 1 is 0.600 bits per heavy atom. The molecule has 0 saturated carbocycles. The van der Waals surface area contributed by atoms with Gasteiger partial charge in [0.1, 0.15) is 0 Å². The number of hydrogen-bond acceptors (Lipinski definition) is 7. The van der Waals surface area contributed by atoms with Crippen LogP contribution >= 0.6 is 11.8 Å². The van der Waals surface area contributed by atoms with Crippen molar-refractivity contribution in [3.05, 3.63) is 60.7 Å². The first-order chi connectivity index (χ1) is 12.2. The Balaban J connectivity index is 1.64. The van der Waals surface area contributed by atoms with Crippen molar-refractivity contribution in [2.75, 3.05) is 11.7 Å². The van der Waals surface area contributed by atoms with Gasteiger partial charge in [0, 0.05) is 11.1 Å². The number of hydrogen-bond donors (Lipinski definition) is 2. The molecule has 2 aromatic heterocycles. The summed E-state index contributed by atoms with van der Waals surface area (Å²) in [6, 6.07) is 19.2. The zero-order chi connectivity index (χ0) is 17.2. The van der Waals surface area contributed by atoms with E-state index in [1.54, 1.807) is 0 Å². The predicted molar refractivity (Wildman–Crippen MR) is 95.3 cm³/mol. The Kier molecular flexibility index (Phi) is 3.82. The quantitative estimate of drug-likeness (QED) is 0.539. The van der Waals surface area contributed by atoms with E-state index in [1.807, 2.05) is 60.7 Å². The summed E-state index contributed by atoms with van der Waals surface area (Å²) in [4.78, 5) is 0. The second-order valence-electron chi connectivity index (χ2n) is 5.19. The monoisotopic (exact) mass is 350 g/mol. The molecule has 4 aromatic rings. The number of benzene rings is 2. The van der Waals surface area contributed by atoms with Crippen LogP contribution in [0, 0.1) is 0 Å². The van der Waals surface area contributed by atoms with Crippen molar-refractivity contribution >= 4 is 11.8 Å². The van der Waals surface area contributed by atoms with Crippen molar-refractivity contribution in [1.82, 2.24) is 29.7 Å². The molecule has 2 aromatic carbocycles. The van der Waals surface area contributed by atoms with Crippen LogP contribution in [0.25, 0.3) is 22.8 Å². The highest BCUT2D eigenvalue weighted by Gasteiger charge is 2.18. The van der Waals surface area contributed by atoms with E-state index in [9.17, 15) is 0 Å². The van der Waals surface area contributed by atoms with Gasteiger partial charge < -0.3 is 11.7 Å². The largest absolute Gasteiger partial charge is 0.335 e. The maximum atomic E-state index is 6.12. The van der Waals surface area contributed by atoms with Gasteiger partial charge in [0.2, 0.25) is 10.3 Å². The van der Waals surface area contributed by atoms with Gasteiger partial charge in [-0.25, -0.2) is 9.35 Å². The van der Waals surface area contributed by atoms with Crippen molar-refractivity contribution in [3.63, 3.8) is 0 Å². The molecule has 0 aliphatic carbocycles. The van der Waals surface area contributed by atoms with Crippen molar-refractivity contribution in [3.8, 4) is 22.8 Å². The van der Waals surface area contributed by atoms with Crippen molar-refractivity contribution < 1.29 is 0 Å². The zero-order valence-corrected chi connectivity index (χ0v) is 13.8. The fourth-order valence-corrected chi connectivity index (χ4v) is 3.04. The Morgan fingerprint density at radius 3 is 1.40 bits per heavy atom. The average Bonchev–Trinajstić information content (AvgIpc) is 3.20. The van der Waals surface area contributed by atoms with Crippen LogP contribution in [-0.2, 0) is 0 Å². The molecule has 25 heavy (non-hydrogen) atoms. The molecule has 8 nitrogen and oxygen atoms in total. The predicted octanol–water partition coefficient (Wildman–Crippen LogP) is 1.78. The summed E-state index contributed by atoms with van der Waals surface area (Å²) >= 11 is 1.20. The standard InChI is InChI=1S/C16H14N8S/c17-23-13(11-7-3-1-4-8-11)19-21-15(23)25-16-22-20-14(24(16)18)12-9-5-2-6-10-12/h1-10H,17-18H2. The topological polar surface area (TPSA) is 113 Å². The molecule has 0 aliphatic rings. The summed E-state index contributed by atoms with van der Waals surface area (Å²) in [7, 11) is 0. The minimum Gasteiger partial charge on any atom is -0.335 e. The fourth-order valence-electron chi connectivity index (χ4n) is 2.34. The molecular weight excluding hydrogens is 336 g/mol. The lowest BCUT2D eigenvalue weighted by Gasteiger charge is -2.04. The third kappa shape index (κ3) is 2.81. The van der Waals surface area contributed by atoms with Crippen LogP contribution in [-0.4, -0.2) is 29.7 Å². The van der Waals surface area contributed by atoms with Crippen LogP contribution < -0.4 is 11.7 Å². The SMILES string of the molecule is Nn1c(Sc2nnc(-c3ccccc3)n2N)nnc1-c1ccccc1.